The number of carbonyl (C=O) groups excluding carboxylic acids is 1. The normalized spacial score (nSPS) is 12.4. The third kappa shape index (κ3) is 4.94. The van der Waals surface area contributed by atoms with Crippen LogP contribution in [0.1, 0.15) is 22.3 Å². The molecule has 0 bridgehead atoms. The van der Waals surface area contributed by atoms with E-state index in [0.29, 0.717) is 18.6 Å². The summed E-state index contributed by atoms with van der Waals surface area (Å²) in [6, 6.07) is 3.91. The van der Waals surface area contributed by atoms with Gasteiger partial charge in [0.25, 0.3) is 0 Å². The zero-order valence-corrected chi connectivity index (χ0v) is 10.9. The van der Waals surface area contributed by atoms with Crippen molar-refractivity contribution in [2.75, 3.05) is 20.3 Å². The first-order valence-corrected chi connectivity index (χ1v) is 6.00. The van der Waals surface area contributed by atoms with Crippen molar-refractivity contribution in [3.63, 3.8) is 0 Å². The predicted molar refractivity (Wildman–Crippen MR) is 69.1 cm³/mol. The van der Waals surface area contributed by atoms with Crippen LogP contribution in [0.4, 0.5) is 4.39 Å². The maximum Gasteiger partial charge on any atom is 0.248 e. The van der Waals surface area contributed by atoms with Gasteiger partial charge in [-0.05, 0) is 24.6 Å². The number of nitrogens with one attached hydrogen (secondary N) is 1. The minimum atomic E-state index is -0.593. The molecule has 1 atom stereocenters. The van der Waals surface area contributed by atoms with Gasteiger partial charge < -0.3 is 20.9 Å². The van der Waals surface area contributed by atoms with Crippen LogP contribution >= 0.6 is 0 Å². The molecule has 0 aliphatic carbocycles. The topological polar surface area (TPSA) is 84.6 Å². The maximum atomic E-state index is 13.6. The van der Waals surface area contributed by atoms with E-state index in [2.05, 4.69) is 5.32 Å². The first-order chi connectivity index (χ1) is 9.08. The van der Waals surface area contributed by atoms with Gasteiger partial charge in [0.2, 0.25) is 5.91 Å². The van der Waals surface area contributed by atoms with E-state index in [4.69, 9.17) is 15.6 Å². The fourth-order valence-corrected chi connectivity index (χ4v) is 1.72. The zero-order chi connectivity index (χ0) is 14.3. The monoisotopic (exact) mass is 270 g/mol. The lowest BCUT2D eigenvalue weighted by Crippen LogP contribution is -2.34. The van der Waals surface area contributed by atoms with Gasteiger partial charge >= 0.3 is 0 Å². The van der Waals surface area contributed by atoms with E-state index in [-0.39, 0.29) is 24.8 Å². The first kappa shape index (κ1) is 15.6. The van der Waals surface area contributed by atoms with E-state index in [1.54, 1.807) is 7.11 Å². The summed E-state index contributed by atoms with van der Waals surface area (Å²) in [6.45, 7) is 0.670. The average molecular weight is 270 g/mol. The number of aliphatic hydroxyl groups excluding tert-OH is 1. The number of primary amides is 1. The van der Waals surface area contributed by atoms with Crippen LogP contribution in [0.3, 0.4) is 0 Å². The van der Waals surface area contributed by atoms with Crippen molar-refractivity contribution in [1.29, 1.82) is 0 Å². The van der Waals surface area contributed by atoms with Crippen molar-refractivity contribution in [3.05, 3.63) is 35.1 Å². The van der Waals surface area contributed by atoms with Crippen molar-refractivity contribution in [2.24, 2.45) is 5.73 Å². The summed E-state index contributed by atoms with van der Waals surface area (Å²) in [5, 5.41) is 12.0. The molecule has 0 radical (unpaired) electrons. The Morgan fingerprint density at radius 1 is 1.58 bits per heavy atom. The van der Waals surface area contributed by atoms with E-state index in [1.165, 1.54) is 18.2 Å². The van der Waals surface area contributed by atoms with Gasteiger partial charge in [0, 0.05) is 37.4 Å². The van der Waals surface area contributed by atoms with Crippen LogP contribution in [0.25, 0.3) is 0 Å². The second kappa shape index (κ2) is 7.83. The van der Waals surface area contributed by atoms with Crippen LogP contribution < -0.4 is 11.1 Å². The Morgan fingerprint density at radius 2 is 2.32 bits per heavy atom. The first-order valence-electron chi connectivity index (χ1n) is 6.00. The summed E-state index contributed by atoms with van der Waals surface area (Å²) in [7, 11) is 1.56. The van der Waals surface area contributed by atoms with E-state index in [1.807, 2.05) is 0 Å². The lowest BCUT2D eigenvalue weighted by atomic mass is 10.1. The molecular weight excluding hydrogens is 251 g/mol. The molecule has 5 nitrogen and oxygen atoms in total. The summed E-state index contributed by atoms with van der Waals surface area (Å²) in [5.41, 5.74) is 5.77. The molecule has 19 heavy (non-hydrogen) atoms. The standard InChI is InChI=1S/C13H19FN2O3/c1-19-8-11(4-5-17)16-7-10-6-9(13(15)18)2-3-12(10)14/h2-3,6,11,16-17H,4-5,7-8H2,1H3,(H2,15,18). The van der Waals surface area contributed by atoms with Crippen molar-refractivity contribution in [2.45, 2.75) is 19.0 Å². The summed E-state index contributed by atoms with van der Waals surface area (Å²) < 4.78 is 18.6. The lowest BCUT2D eigenvalue weighted by molar-refractivity contribution is 0.1000. The van der Waals surface area contributed by atoms with Gasteiger partial charge in [-0.1, -0.05) is 0 Å². The van der Waals surface area contributed by atoms with E-state index in [0.717, 1.165) is 0 Å². The molecule has 0 fully saturated rings. The van der Waals surface area contributed by atoms with Crippen molar-refractivity contribution in [1.82, 2.24) is 5.32 Å². The molecule has 1 aromatic rings. The smallest absolute Gasteiger partial charge is 0.248 e. The van der Waals surface area contributed by atoms with Gasteiger partial charge in [-0.25, -0.2) is 4.39 Å². The minimum Gasteiger partial charge on any atom is -0.396 e. The number of amides is 1. The molecule has 0 aliphatic heterocycles. The highest BCUT2D eigenvalue weighted by atomic mass is 19.1. The lowest BCUT2D eigenvalue weighted by Gasteiger charge is -2.17. The minimum absolute atomic E-state index is 0.0187. The Hall–Kier alpha value is -1.50. The SMILES string of the molecule is COCC(CCO)NCc1cc(C(N)=O)ccc1F. The van der Waals surface area contributed by atoms with Gasteiger partial charge in [0.05, 0.1) is 6.61 Å². The maximum absolute atomic E-state index is 13.6. The van der Waals surface area contributed by atoms with Gasteiger partial charge in [-0.3, -0.25) is 4.79 Å². The number of carbonyl (C=O) groups is 1. The number of hydrogen-bond acceptors (Lipinski definition) is 4. The Bertz CT molecular complexity index is 420. The van der Waals surface area contributed by atoms with E-state index < -0.39 is 11.7 Å². The molecular formula is C13H19FN2O3. The predicted octanol–water partition coefficient (Wildman–Crippen LogP) is 0.412. The molecule has 106 valence electrons. The number of nitrogens with two attached hydrogens (primary N) is 1. The summed E-state index contributed by atoms with van der Waals surface area (Å²) in [5.74, 6) is -0.997. The average Bonchev–Trinajstić information content (AvgIpc) is 2.37. The van der Waals surface area contributed by atoms with Crippen molar-refractivity contribution < 1.29 is 19.0 Å². The highest BCUT2D eigenvalue weighted by molar-refractivity contribution is 5.92. The van der Waals surface area contributed by atoms with Crippen LogP contribution in [0.2, 0.25) is 0 Å². The quantitative estimate of drug-likeness (QED) is 0.639. The van der Waals surface area contributed by atoms with Gasteiger partial charge in [0.15, 0.2) is 0 Å². The molecule has 0 heterocycles. The molecule has 1 aromatic carbocycles. The Labute approximate surface area is 111 Å². The molecule has 1 rings (SSSR count). The summed E-state index contributed by atoms with van der Waals surface area (Å²) in [6.07, 6.45) is 0.505. The number of aliphatic hydroxyl groups is 1. The molecule has 6 heteroatoms. The number of ether oxygens (including phenoxy) is 1. The molecule has 1 amide bonds. The van der Waals surface area contributed by atoms with Crippen LogP contribution in [0, 0.1) is 5.82 Å². The highest BCUT2D eigenvalue weighted by Crippen LogP contribution is 2.11. The molecule has 0 saturated carbocycles. The van der Waals surface area contributed by atoms with Gasteiger partial charge in [-0.15, -0.1) is 0 Å². The Kier molecular flexibility index (Phi) is 6.41. The van der Waals surface area contributed by atoms with Gasteiger partial charge in [-0.2, -0.15) is 0 Å². The number of halogens is 1. The number of hydrogen-bond donors (Lipinski definition) is 3. The van der Waals surface area contributed by atoms with Crippen molar-refractivity contribution >= 4 is 5.91 Å². The second-order valence-electron chi connectivity index (χ2n) is 4.22. The molecule has 0 aromatic heterocycles. The zero-order valence-electron chi connectivity index (χ0n) is 10.9. The van der Waals surface area contributed by atoms with Crippen LogP contribution in [0.15, 0.2) is 18.2 Å². The van der Waals surface area contributed by atoms with Crippen LogP contribution in [-0.4, -0.2) is 37.4 Å². The molecule has 4 N–H and O–H groups in total. The third-order valence-corrected chi connectivity index (χ3v) is 2.76. The number of methoxy groups -OCH3 is 1. The second-order valence-corrected chi connectivity index (χ2v) is 4.22. The molecule has 0 aliphatic rings. The van der Waals surface area contributed by atoms with Crippen molar-refractivity contribution in [3.8, 4) is 0 Å². The third-order valence-electron chi connectivity index (χ3n) is 2.76. The van der Waals surface area contributed by atoms with E-state index >= 15 is 0 Å². The van der Waals surface area contributed by atoms with E-state index in [9.17, 15) is 9.18 Å². The van der Waals surface area contributed by atoms with Crippen LogP contribution in [0.5, 0.6) is 0 Å². The summed E-state index contributed by atoms with van der Waals surface area (Å²) >= 11 is 0. The fourth-order valence-electron chi connectivity index (χ4n) is 1.72. The largest absolute Gasteiger partial charge is 0.396 e. The molecule has 0 saturated heterocycles. The Balaban J connectivity index is 2.69. The number of benzene rings is 1. The Morgan fingerprint density at radius 3 is 2.89 bits per heavy atom. The van der Waals surface area contributed by atoms with Crippen LogP contribution in [-0.2, 0) is 11.3 Å². The molecule has 0 spiro atoms. The highest BCUT2D eigenvalue weighted by Gasteiger charge is 2.11. The number of rotatable bonds is 8. The molecule has 1 unspecified atom stereocenters. The fraction of sp³-hybridized carbons (Fsp3) is 0.462. The van der Waals surface area contributed by atoms with Gasteiger partial charge in [0.1, 0.15) is 5.82 Å². The summed E-state index contributed by atoms with van der Waals surface area (Å²) in [4.78, 5) is 11.0.